The molecule has 0 aromatic heterocycles. The summed E-state index contributed by atoms with van der Waals surface area (Å²) in [6, 6.07) is 7.19. The van der Waals surface area contributed by atoms with E-state index in [1.807, 2.05) is 6.92 Å². The van der Waals surface area contributed by atoms with Gasteiger partial charge >= 0.3 is 0 Å². The van der Waals surface area contributed by atoms with Crippen molar-refractivity contribution in [1.82, 2.24) is 4.90 Å². The van der Waals surface area contributed by atoms with Gasteiger partial charge in [0, 0.05) is 18.8 Å². The third-order valence-corrected chi connectivity index (χ3v) is 2.58. The molecule has 1 aromatic rings. The Morgan fingerprint density at radius 3 is 2.39 bits per heavy atom. The summed E-state index contributed by atoms with van der Waals surface area (Å²) >= 11 is 0. The van der Waals surface area contributed by atoms with Crippen LogP contribution in [-0.4, -0.2) is 30.4 Å². The van der Waals surface area contributed by atoms with Crippen LogP contribution in [0.15, 0.2) is 36.0 Å². The van der Waals surface area contributed by atoms with Gasteiger partial charge in [0.15, 0.2) is 0 Å². The molecule has 1 aliphatic rings. The normalized spacial score (nSPS) is 14.8. The minimum absolute atomic E-state index is 0.284. The second-order valence-corrected chi connectivity index (χ2v) is 3.84. The number of amides is 2. The maximum absolute atomic E-state index is 11.6. The van der Waals surface area contributed by atoms with Crippen LogP contribution in [0.5, 0.6) is 5.75 Å². The van der Waals surface area contributed by atoms with Crippen LogP contribution in [0.3, 0.4) is 0 Å². The number of imide groups is 1. The fourth-order valence-electron chi connectivity index (χ4n) is 1.61. The van der Waals surface area contributed by atoms with E-state index in [1.54, 1.807) is 24.3 Å². The summed E-state index contributed by atoms with van der Waals surface area (Å²) in [4.78, 5) is 24.0. The van der Waals surface area contributed by atoms with Crippen molar-refractivity contribution < 1.29 is 14.3 Å². The first kappa shape index (κ1) is 12.2. The molecule has 94 valence electrons. The maximum atomic E-state index is 11.6. The second-order valence-electron chi connectivity index (χ2n) is 3.84. The summed E-state index contributed by atoms with van der Waals surface area (Å²) in [7, 11) is 1.45. The predicted molar refractivity (Wildman–Crippen MR) is 67.1 cm³/mol. The van der Waals surface area contributed by atoms with Crippen molar-refractivity contribution in [2.45, 2.75) is 6.92 Å². The average Bonchev–Trinajstić information content (AvgIpc) is 2.60. The molecule has 1 heterocycles. The Kier molecular flexibility index (Phi) is 3.32. The van der Waals surface area contributed by atoms with Crippen molar-refractivity contribution in [3.63, 3.8) is 0 Å². The molecule has 2 rings (SSSR count). The van der Waals surface area contributed by atoms with Crippen LogP contribution in [0.25, 0.3) is 0 Å². The number of hydrogen-bond acceptors (Lipinski definition) is 4. The predicted octanol–water partition coefficient (Wildman–Crippen LogP) is 1.38. The third-order valence-electron chi connectivity index (χ3n) is 2.58. The first-order valence-corrected chi connectivity index (χ1v) is 5.65. The number of likely N-dealkylation sites (N-methyl/N-ethyl adjacent to an activating group) is 1. The SMILES string of the molecule is CCOc1ccc(NC2=CC(=O)N(C)C2=O)cc1. The summed E-state index contributed by atoms with van der Waals surface area (Å²) in [6.07, 6.45) is 1.29. The largest absolute Gasteiger partial charge is 0.494 e. The molecule has 0 saturated carbocycles. The second kappa shape index (κ2) is 4.91. The fraction of sp³-hybridized carbons (Fsp3) is 0.231. The van der Waals surface area contributed by atoms with E-state index >= 15 is 0 Å². The molecule has 5 heteroatoms. The Balaban J connectivity index is 2.08. The number of nitrogens with one attached hydrogen (secondary N) is 1. The third kappa shape index (κ3) is 2.34. The summed E-state index contributed by atoms with van der Waals surface area (Å²) in [5, 5.41) is 2.91. The van der Waals surface area contributed by atoms with Crippen LogP contribution in [0.2, 0.25) is 0 Å². The lowest BCUT2D eigenvalue weighted by atomic mass is 10.3. The van der Waals surface area contributed by atoms with Crippen molar-refractivity contribution in [1.29, 1.82) is 0 Å². The minimum atomic E-state index is -0.325. The number of anilines is 1. The van der Waals surface area contributed by atoms with Crippen molar-refractivity contribution in [2.75, 3.05) is 19.0 Å². The molecule has 0 bridgehead atoms. The van der Waals surface area contributed by atoms with Crippen molar-refractivity contribution in [3.8, 4) is 5.75 Å². The van der Waals surface area contributed by atoms with Crippen LogP contribution < -0.4 is 10.1 Å². The highest BCUT2D eigenvalue weighted by Gasteiger charge is 2.27. The lowest BCUT2D eigenvalue weighted by Crippen LogP contribution is -2.27. The van der Waals surface area contributed by atoms with E-state index in [0.717, 1.165) is 16.3 Å². The molecular weight excluding hydrogens is 232 g/mol. The molecule has 0 radical (unpaired) electrons. The molecule has 0 aliphatic carbocycles. The standard InChI is InChI=1S/C13H14N2O3/c1-3-18-10-6-4-9(5-7-10)14-11-8-12(16)15(2)13(11)17/h4-8,14H,3H2,1-2H3. The van der Waals surface area contributed by atoms with Gasteiger partial charge < -0.3 is 10.1 Å². The van der Waals surface area contributed by atoms with Crippen molar-refractivity contribution >= 4 is 17.5 Å². The van der Waals surface area contributed by atoms with E-state index < -0.39 is 0 Å². The zero-order valence-corrected chi connectivity index (χ0v) is 10.3. The van der Waals surface area contributed by atoms with Crippen LogP contribution in [0, 0.1) is 0 Å². The fourth-order valence-corrected chi connectivity index (χ4v) is 1.61. The summed E-state index contributed by atoms with van der Waals surface area (Å²) in [5.74, 6) is 0.130. The molecule has 0 unspecified atom stereocenters. The molecule has 0 saturated heterocycles. The van der Waals surface area contributed by atoms with Crippen LogP contribution in [0.4, 0.5) is 5.69 Å². The molecule has 0 spiro atoms. The van der Waals surface area contributed by atoms with Crippen LogP contribution >= 0.6 is 0 Å². The van der Waals surface area contributed by atoms with Crippen LogP contribution in [-0.2, 0) is 9.59 Å². The molecule has 1 aromatic carbocycles. The molecule has 1 N–H and O–H groups in total. The highest BCUT2D eigenvalue weighted by Crippen LogP contribution is 2.19. The first-order valence-electron chi connectivity index (χ1n) is 5.65. The van der Waals surface area contributed by atoms with E-state index in [0.29, 0.717) is 6.61 Å². The Labute approximate surface area is 105 Å². The van der Waals surface area contributed by atoms with Gasteiger partial charge in [-0.05, 0) is 31.2 Å². The van der Waals surface area contributed by atoms with E-state index in [-0.39, 0.29) is 17.5 Å². The van der Waals surface area contributed by atoms with Gasteiger partial charge in [-0.1, -0.05) is 0 Å². The maximum Gasteiger partial charge on any atom is 0.277 e. The monoisotopic (exact) mass is 246 g/mol. The van der Waals surface area contributed by atoms with Crippen molar-refractivity contribution in [2.24, 2.45) is 0 Å². The zero-order valence-electron chi connectivity index (χ0n) is 10.3. The van der Waals surface area contributed by atoms with E-state index in [4.69, 9.17) is 4.74 Å². The van der Waals surface area contributed by atoms with Gasteiger partial charge in [-0.2, -0.15) is 0 Å². The Bertz CT molecular complexity index is 505. The van der Waals surface area contributed by atoms with Gasteiger partial charge in [0.25, 0.3) is 11.8 Å². The average molecular weight is 246 g/mol. The lowest BCUT2D eigenvalue weighted by molar-refractivity contribution is -0.135. The van der Waals surface area contributed by atoms with E-state index in [2.05, 4.69) is 5.32 Å². The van der Waals surface area contributed by atoms with Gasteiger partial charge in [0.1, 0.15) is 11.4 Å². The zero-order chi connectivity index (χ0) is 13.1. The Morgan fingerprint density at radius 1 is 1.22 bits per heavy atom. The number of rotatable bonds is 4. The summed E-state index contributed by atoms with van der Waals surface area (Å²) in [6.45, 7) is 2.52. The highest BCUT2D eigenvalue weighted by atomic mass is 16.5. The Hall–Kier alpha value is -2.30. The molecule has 18 heavy (non-hydrogen) atoms. The molecule has 0 fully saturated rings. The number of benzene rings is 1. The quantitative estimate of drug-likeness (QED) is 0.815. The number of carbonyl (C=O) groups excluding carboxylic acids is 2. The van der Waals surface area contributed by atoms with Gasteiger partial charge in [0.2, 0.25) is 0 Å². The number of nitrogens with zero attached hydrogens (tertiary/aromatic N) is 1. The molecule has 0 atom stereocenters. The van der Waals surface area contributed by atoms with Gasteiger partial charge in [-0.15, -0.1) is 0 Å². The smallest absolute Gasteiger partial charge is 0.277 e. The lowest BCUT2D eigenvalue weighted by Gasteiger charge is -2.09. The van der Waals surface area contributed by atoms with Gasteiger partial charge in [-0.3, -0.25) is 14.5 Å². The van der Waals surface area contributed by atoms with Gasteiger partial charge in [0.05, 0.1) is 6.61 Å². The van der Waals surface area contributed by atoms with Gasteiger partial charge in [-0.25, -0.2) is 0 Å². The first-order chi connectivity index (χ1) is 8.61. The number of hydrogen-bond donors (Lipinski definition) is 1. The summed E-state index contributed by atoms with van der Waals surface area (Å²) in [5.41, 5.74) is 1.02. The molecule has 1 aliphatic heterocycles. The van der Waals surface area contributed by atoms with E-state index in [9.17, 15) is 9.59 Å². The number of ether oxygens (including phenoxy) is 1. The van der Waals surface area contributed by atoms with Crippen molar-refractivity contribution in [3.05, 3.63) is 36.0 Å². The molecular formula is C13H14N2O3. The summed E-state index contributed by atoms with van der Waals surface area (Å²) < 4.78 is 5.31. The molecule has 2 amide bonds. The minimum Gasteiger partial charge on any atom is -0.494 e. The Morgan fingerprint density at radius 2 is 1.89 bits per heavy atom. The van der Waals surface area contributed by atoms with Crippen LogP contribution in [0.1, 0.15) is 6.92 Å². The highest BCUT2D eigenvalue weighted by molar-refractivity contribution is 6.17. The molecule has 5 nitrogen and oxygen atoms in total. The van der Waals surface area contributed by atoms with E-state index in [1.165, 1.54) is 13.1 Å². The number of carbonyl (C=O) groups is 2. The topological polar surface area (TPSA) is 58.6 Å².